The average Bonchev–Trinajstić information content (AvgIpc) is 1.65. The van der Waals surface area contributed by atoms with Gasteiger partial charge in [-0.1, -0.05) is 131 Å². The molecule has 1 aromatic rings. The summed E-state index contributed by atoms with van der Waals surface area (Å²) in [4.78, 5) is 0. The van der Waals surface area contributed by atoms with Crippen molar-refractivity contribution < 1.29 is 60.0 Å². The third kappa shape index (κ3) is 11.5. The first-order valence-electron chi connectivity index (χ1n) is 31.6. The average molecular weight is 1240 g/mol. The zero-order valence-corrected chi connectivity index (χ0v) is 56.2. The number of aromatic hydroxyl groups is 1. The van der Waals surface area contributed by atoms with E-state index in [1.807, 2.05) is 12.1 Å². The van der Waals surface area contributed by atoms with Crippen LogP contribution in [-0.4, -0.2) is 50.9 Å². The van der Waals surface area contributed by atoms with Crippen molar-refractivity contribution in [2.24, 2.45) is 45.8 Å². The number of phenolic OH excluding ortho intramolecular Hbond substituents is 1. The third-order valence-electron chi connectivity index (χ3n) is 19.7. The van der Waals surface area contributed by atoms with Crippen LogP contribution in [-0.2, 0) is 55.8 Å². The van der Waals surface area contributed by atoms with Gasteiger partial charge in [0.1, 0.15) is 58.3 Å². The summed E-state index contributed by atoms with van der Waals surface area (Å²) in [6, 6.07) is 3.68. The molecule has 13 unspecified atom stereocenters. The van der Waals surface area contributed by atoms with Crippen molar-refractivity contribution in [2.75, 3.05) is 21.3 Å². The van der Waals surface area contributed by atoms with Crippen molar-refractivity contribution in [1.29, 1.82) is 0 Å². The van der Waals surface area contributed by atoms with E-state index in [9.17, 15) is 5.11 Å². The molecule has 466 valence electrons. The molecule has 9 aliphatic carbocycles. The molecule has 0 amide bonds. The van der Waals surface area contributed by atoms with Gasteiger partial charge in [0.25, 0.3) is 0 Å². The lowest BCUT2D eigenvalue weighted by atomic mass is 9.69. The van der Waals surface area contributed by atoms with Crippen LogP contribution in [0.5, 0.6) is 11.5 Å². The van der Waals surface area contributed by atoms with Gasteiger partial charge < -0.3 is 46.5 Å². The van der Waals surface area contributed by atoms with E-state index < -0.39 is 54.8 Å². The summed E-state index contributed by atoms with van der Waals surface area (Å²) < 4.78 is 83.9. The van der Waals surface area contributed by atoms with E-state index in [-0.39, 0.29) is 52.5 Å². The lowest BCUT2D eigenvalue weighted by molar-refractivity contribution is 0.0684. The summed E-state index contributed by atoms with van der Waals surface area (Å²) >= 11 is 0. The molecule has 13 nitrogen and oxygen atoms in total. The predicted molar refractivity (Wildman–Crippen MR) is 341 cm³/mol. The molecule has 0 spiro atoms. The molecule has 0 bridgehead atoms. The molecule has 1 fully saturated rings. The maximum Gasteiger partial charge on any atom is 0.463 e. The van der Waals surface area contributed by atoms with Gasteiger partial charge in [-0.3, -0.25) is 13.6 Å². The Kier molecular flexibility index (Phi) is 16.2. The standard InChI is InChI=1S/C71H89O13P3/c1-68(2,3)52-32-43(72)31-48(62(52)79-86-76-56-26-18-22-40-29-39-21-16-17-25-47(39)66(83-86)59(40)56)49-33-44(73-13)36-53(69(4,5)6)63(49)82-87-78-58-28-20-24-42-30-41-23-19-27-57(60(41)67(84-87)61(42)58)77-85-80-64-50(34-45(74-14)37-54(64)70(7,8)9)51-35-46(75-15)38-55(65(51)81-85)71(10,11)12/h17-18,22-23,25-26,28,31-32,34-37,39,42,44,49,54-56,59,63-64,72H,16,19-21,24,27,29-30,33,38H2,1-15H3. The Morgan fingerprint density at radius 3 is 2.24 bits per heavy atom. The van der Waals surface area contributed by atoms with Gasteiger partial charge in [-0.2, -0.15) is 0 Å². The first-order valence-corrected chi connectivity index (χ1v) is 34.9. The molecule has 1 saturated heterocycles. The Bertz CT molecular complexity index is 3410. The highest BCUT2D eigenvalue weighted by atomic mass is 31.2. The number of methoxy groups -OCH3 is 3. The van der Waals surface area contributed by atoms with E-state index >= 15 is 0 Å². The Labute approximate surface area is 520 Å². The maximum absolute atomic E-state index is 12.0. The van der Waals surface area contributed by atoms with Crippen molar-refractivity contribution in [2.45, 2.75) is 183 Å². The van der Waals surface area contributed by atoms with E-state index in [2.05, 4.69) is 150 Å². The molecule has 0 saturated carbocycles. The topological polar surface area (TPSA) is 131 Å². The molecule has 1 N–H and O–H groups in total. The van der Waals surface area contributed by atoms with E-state index in [1.165, 1.54) is 16.7 Å². The van der Waals surface area contributed by atoms with Gasteiger partial charge in [0.2, 0.25) is 0 Å². The molecular formula is C71H89O13P3. The fraction of sp³-hybridized carbons (Fsp3) is 0.549. The van der Waals surface area contributed by atoms with Gasteiger partial charge in [-0.25, -0.2) is 0 Å². The van der Waals surface area contributed by atoms with Crippen LogP contribution >= 0.6 is 25.8 Å². The fourth-order valence-corrected chi connectivity index (χ4v) is 18.9. The molecule has 0 radical (unpaired) electrons. The minimum Gasteiger partial charge on any atom is -0.508 e. The van der Waals surface area contributed by atoms with Crippen molar-refractivity contribution >= 4 is 25.8 Å². The minimum absolute atomic E-state index is 0.00780. The third-order valence-corrected chi connectivity index (χ3v) is 23.0. The molecule has 87 heavy (non-hydrogen) atoms. The number of hydrogen-bond donors (Lipinski definition) is 1. The van der Waals surface area contributed by atoms with Gasteiger partial charge >= 0.3 is 25.8 Å². The van der Waals surface area contributed by atoms with Crippen LogP contribution in [0.15, 0.2) is 164 Å². The normalized spacial score (nSPS) is 32.8. The van der Waals surface area contributed by atoms with Crippen molar-refractivity contribution in [1.82, 2.24) is 0 Å². The number of allylic oxidation sites excluding steroid dienone is 14. The zero-order chi connectivity index (χ0) is 61.2. The van der Waals surface area contributed by atoms with Gasteiger partial charge in [-0.05, 0) is 144 Å². The summed E-state index contributed by atoms with van der Waals surface area (Å²) in [6.45, 7) is 26.6. The smallest absolute Gasteiger partial charge is 0.463 e. The van der Waals surface area contributed by atoms with Crippen molar-refractivity contribution in [3.63, 3.8) is 0 Å². The lowest BCUT2D eigenvalue weighted by Crippen LogP contribution is -2.38. The molecular weight excluding hydrogens is 1150 g/mol. The van der Waals surface area contributed by atoms with E-state index in [1.54, 1.807) is 21.3 Å². The van der Waals surface area contributed by atoms with Crippen LogP contribution in [0.1, 0.15) is 164 Å². The van der Waals surface area contributed by atoms with E-state index in [0.717, 1.165) is 124 Å². The second-order valence-electron chi connectivity index (χ2n) is 29.6. The monoisotopic (exact) mass is 1240 g/mol. The van der Waals surface area contributed by atoms with Crippen molar-refractivity contribution in [3.8, 4) is 11.5 Å². The van der Waals surface area contributed by atoms with Crippen LogP contribution in [0.2, 0.25) is 0 Å². The second kappa shape index (κ2) is 23.1. The molecule has 12 aliphatic rings. The predicted octanol–water partition coefficient (Wildman–Crippen LogP) is 19.1. The minimum atomic E-state index is -2.12. The van der Waals surface area contributed by atoms with Gasteiger partial charge in [0, 0.05) is 60.0 Å². The van der Waals surface area contributed by atoms with Crippen LogP contribution in [0.25, 0.3) is 0 Å². The lowest BCUT2D eigenvalue weighted by Gasteiger charge is -2.45. The summed E-state index contributed by atoms with van der Waals surface area (Å²) in [6.07, 6.45) is 31.2. The van der Waals surface area contributed by atoms with E-state index in [4.69, 9.17) is 54.9 Å². The van der Waals surface area contributed by atoms with Crippen LogP contribution in [0.4, 0.5) is 0 Å². The first-order chi connectivity index (χ1) is 41.4. The number of ether oxygens (including phenoxy) is 3. The Morgan fingerprint density at radius 2 is 1.51 bits per heavy atom. The second-order valence-corrected chi connectivity index (χ2v) is 32.7. The highest BCUT2D eigenvalue weighted by Gasteiger charge is 2.53. The maximum atomic E-state index is 12.0. The van der Waals surface area contributed by atoms with Gasteiger partial charge in [0.15, 0.2) is 0 Å². The highest BCUT2D eigenvalue weighted by molar-refractivity contribution is 7.42. The fourth-order valence-electron chi connectivity index (χ4n) is 15.1. The molecule has 16 heteroatoms. The summed E-state index contributed by atoms with van der Waals surface area (Å²) in [7, 11) is -0.870. The molecule has 3 aliphatic heterocycles. The number of fused-ring (bicyclic) bond motifs is 5. The summed E-state index contributed by atoms with van der Waals surface area (Å²) in [5, 5.41) is 12.0. The number of benzene rings is 1. The first kappa shape index (κ1) is 61.0. The zero-order valence-electron chi connectivity index (χ0n) is 53.5. The summed E-state index contributed by atoms with van der Waals surface area (Å²) in [5.41, 5.74) is 9.10. The largest absolute Gasteiger partial charge is 0.508 e. The van der Waals surface area contributed by atoms with E-state index in [0.29, 0.717) is 30.9 Å². The number of hydrogen-bond acceptors (Lipinski definition) is 13. The Hall–Kier alpha value is -4.83. The van der Waals surface area contributed by atoms with Crippen LogP contribution < -0.4 is 4.52 Å². The molecule has 1 aromatic carbocycles. The summed E-state index contributed by atoms with van der Waals surface area (Å²) in [5.74, 6) is 6.62. The molecule has 13 rings (SSSR count). The van der Waals surface area contributed by atoms with Crippen molar-refractivity contribution in [3.05, 3.63) is 175 Å². The van der Waals surface area contributed by atoms with Crippen LogP contribution in [0.3, 0.4) is 0 Å². The number of rotatable bonds is 10. The SMILES string of the molecule is COC1=CC(C(C)(C)C)C2OP(OC3=C4C(=CCC3)CC3CCC=C5OP(OC6C(C(C)(C)C)=CC(OC)CC6c6cc(O)cc(C(C)(C)C)c6OP6OC7=C8C=CCCC8CC8=CC=CC(O6)C87)OC4=C53)OC3=C(C=C(OC)CC3C(C)(C)C)C2=C1. The molecule has 13 atom stereocenters. The van der Waals surface area contributed by atoms with Gasteiger partial charge in [0.05, 0.1) is 43.7 Å². The number of phenols is 1. The Balaban J connectivity index is 0.880. The highest BCUT2D eigenvalue weighted by Crippen LogP contribution is 2.66. The quantitative estimate of drug-likeness (QED) is 0.176. The van der Waals surface area contributed by atoms with Gasteiger partial charge in [-0.15, -0.1) is 0 Å². The molecule has 3 heterocycles. The van der Waals surface area contributed by atoms with Crippen LogP contribution in [0, 0.1) is 45.8 Å². The molecule has 0 aromatic heterocycles. The Morgan fingerprint density at radius 1 is 0.724 bits per heavy atom.